The summed E-state index contributed by atoms with van der Waals surface area (Å²) in [5.74, 6) is 0.179. The van der Waals surface area contributed by atoms with E-state index in [0.29, 0.717) is 53.6 Å². The minimum Gasteiger partial charge on any atom is -0.388 e. The number of hydrogen-bond donors (Lipinski definition) is 5. The molecule has 2 heterocycles. The molecule has 4 aromatic rings. The zero-order valence-electron chi connectivity index (χ0n) is 25.3. The fourth-order valence-electron chi connectivity index (χ4n) is 4.30. The number of nitrogens with one attached hydrogen (secondary N) is 1. The van der Waals surface area contributed by atoms with E-state index in [2.05, 4.69) is 20.0 Å². The van der Waals surface area contributed by atoms with Crippen LogP contribution in [0.5, 0.6) is 0 Å². The molecule has 11 nitrogen and oxygen atoms in total. The van der Waals surface area contributed by atoms with Crippen LogP contribution in [0.15, 0.2) is 63.4 Å². The standard InChI is InChI=1S/C29H34ClFN6O2.C2H7N3/c1-18(32)5-3-6-21-13-24(27(31)25(30)14-21)26-15-22-16-37(29(38)36-28(22)35-26)23-9-7-20(8-10-23)17-39-12-4-11-34-19(2)33;1-5-2(3)4/h7-10,13-16,18H,3-6,11-12,17,32H2,1-2H3,(H2,33,34)(H,35,36,38);1H3,(H4,3,4,5). The van der Waals surface area contributed by atoms with E-state index in [1.807, 2.05) is 31.2 Å². The van der Waals surface area contributed by atoms with Crippen LogP contribution >= 0.6 is 11.6 Å². The summed E-state index contributed by atoms with van der Waals surface area (Å²) in [7, 11) is 1.54. The smallest absolute Gasteiger partial charge is 0.354 e. The van der Waals surface area contributed by atoms with Gasteiger partial charge in [-0.2, -0.15) is 4.98 Å². The number of fused-ring (bicyclic) bond motifs is 1. The number of aromatic nitrogens is 3. The summed E-state index contributed by atoms with van der Waals surface area (Å²) in [6.45, 7) is 5.40. The molecule has 0 bridgehead atoms. The van der Waals surface area contributed by atoms with Gasteiger partial charge in [-0.25, -0.2) is 9.18 Å². The molecule has 1 unspecified atom stereocenters. The SMILES string of the molecule is CC(N)=NCCCOCc1ccc(-n2cc3cc(-c4cc(CCCC(C)N)cc(Cl)c4F)[nH]c3nc2=O)cc1.CN=C(N)N. The normalized spacial score (nSPS) is 12.1. The van der Waals surface area contributed by atoms with Crippen molar-refractivity contribution in [2.24, 2.45) is 32.9 Å². The number of benzene rings is 2. The average molecular weight is 626 g/mol. The van der Waals surface area contributed by atoms with Crippen molar-refractivity contribution in [3.63, 3.8) is 0 Å². The number of nitrogens with two attached hydrogens (primary N) is 4. The molecule has 0 saturated heterocycles. The Morgan fingerprint density at radius 2 is 1.84 bits per heavy atom. The number of aliphatic imine (C=N–C) groups is 2. The van der Waals surface area contributed by atoms with Crippen LogP contribution in [-0.4, -0.2) is 52.6 Å². The molecule has 0 spiro atoms. The maximum absolute atomic E-state index is 15.0. The molecule has 0 saturated carbocycles. The third kappa shape index (κ3) is 10.2. The van der Waals surface area contributed by atoms with Crippen LogP contribution in [0.25, 0.3) is 28.0 Å². The third-order valence-electron chi connectivity index (χ3n) is 6.56. The molecule has 44 heavy (non-hydrogen) atoms. The zero-order valence-corrected chi connectivity index (χ0v) is 26.1. The second-order valence-electron chi connectivity index (χ2n) is 10.4. The molecule has 0 amide bonds. The Balaban J connectivity index is 0.000000978. The second-order valence-corrected chi connectivity index (χ2v) is 10.8. The molecular weight excluding hydrogens is 585 g/mol. The minimum atomic E-state index is -0.519. The van der Waals surface area contributed by atoms with Crippen molar-refractivity contribution in [2.45, 2.75) is 52.2 Å². The van der Waals surface area contributed by atoms with Crippen molar-refractivity contribution in [2.75, 3.05) is 20.2 Å². The zero-order chi connectivity index (χ0) is 32.2. The van der Waals surface area contributed by atoms with Gasteiger partial charge in [0, 0.05) is 43.4 Å². The maximum Gasteiger partial charge on any atom is 0.354 e. The van der Waals surface area contributed by atoms with E-state index < -0.39 is 11.5 Å². The van der Waals surface area contributed by atoms with E-state index in [4.69, 9.17) is 39.3 Å². The number of amidine groups is 1. The van der Waals surface area contributed by atoms with Crippen LogP contribution in [0.3, 0.4) is 0 Å². The van der Waals surface area contributed by atoms with Crippen LogP contribution in [0.4, 0.5) is 4.39 Å². The first kappa shape index (κ1) is 34.2. The van der Waals surface area contributed by atoms with Gasteiger partial charge in [0.25, 0.3) is 0 Å². The first-order valence-electron chi connectivity index (χ1n) is 14.3. The van der Waals surface area contributed by atoms with Crippen molar-refractivity contribution in [3.05, 3.63) is 81.1 Å². The van der Waals surface area contributed by atoms with E-state index in [-0.39, 0.29) is 17.0 Å². The molecular formula is C31H41ClFN9O2. The lowest BCUT2D eigenvalue weighted by molar-refractivity contribution is 0.120. The summed E-state index contributed by atoms with van der Waals surface area (Å²) in [6.07, 6.45) is 4.97. The summed E-state index contributed by atoms with van der Waals surface area (Å²) >= 11 is 6.22. The molecule has 0 aliphatic heterocycles. The highest BCUT2D eigenvalue weighted by atomic mass is 35.5. The fraction of sp³-hybridized carbons (Fsp3) is 0.355. The lowest BCUT2D eigenvalue weighted by Gasteiger charge is -2.09. The number of halogens is 2. The molecule has 1 atom stereocenters. The number of aromatic amines is 1. The first-order valence-corrected chi connectivity index (χ1v) is 14.6. The Morgan fingerprint density at radius 3 is 2.48 bits per heavy atom. The molecule has 0 aliphatic rings. The van der Waals surface area contributed by atoms with Crippen molar-refractivity contribution in [1.82, 2.24) is 14.5 Å². The molecule has 9 N–H and O–H groups in total. The van der Waals surface area contributed by atoms with Crippen molar-refractivity contribution >= 4 is 34.4 Å². The number of aryl methyl sites for hydroxylation is 1. The number of hydrogen-bond acceptors (Lipinski definition) is 6. The molecule has 2 aromatic heterocycles. The van der Waals surface area contributed by atoms with Crippen molar-refractivity contribution < 1.29 is 9.13 Å². The van der Waals surface area contributed by atoms with Crippen LogP contribution in [0, 0.1) is 5.82 Å². The monoisotopic (exact) mass is 625 g/mol. The van der Waals surface area contributed by atoms with Gasteiger partial charge in [-0.3, -0.25) is 14.6 Å². The molecule has 236 valence electrons. The minimum absolute atomic E-state index is 0.0534. The summed E-state index contributed by atoms with van der Waals surface area (Å²) < 4.78 is 22.2. The van der Waals surface area contributed by atoms with E-state index in [0.717, 1.165) is 36.8 Å². The molecule has 2 aromatic carbocycles. The van der Waals surface area contributed by atoms with Crippen LogP contribution in [0.1, 0.15) is 44.2 Å². The Morgan fingerprint density at radius 1 is 1.14 bits per heavy atom. The van der Waals surface area contributed by atoms with Gasteiger partial charge in [0.2, 0.25) is 0 Å². The van der Waals surface area contributed by atoms with Gasteiger partial charge in [-0.1, -0.05) is 23.7 Å². The van der Waals surface area contributed by atoms with E-state index in [1.54, 1.807) is 31.3 Å². The Labute approximate surface area is 261 Å². The Bertz CT molecular complexity index is 1640. The molecule has 0 radical (unpaired) electrons. The highest BCUT2D eigenvalue weighted by Crippen LogP contribution is 2.31. The van der Waals surface area contributed by atoms with Gasteiger partial charge in [0.15, 0.2) is 11.8 Å². The van der Waals surface area contributed by atoms with Gasteiger partial charge < -0.3 is 32.7 Å². The van der Waals surface area contributed by atoms with E-state index in [9.17, 15) is 4.79 Å². The first-order chi connectivity index (χ1) is 21.0. The van der Waals surface area contributed by atoms with Crippen LogP contribution < -0.4 is 28.6 Å². The summed E-state index contributed by atoms with van der Waals surface area (Å²) in [6, 6.07) is 12.8. The molecule has 13 heteroatoms. The molecule has 0 aliphatic carbocycles. The largest absolute Gasteiger partial charge is 0.388 e. The molecule has 0 fully saturated rings. The predicted octanol–water partition coefficient (Wildman–Crippen LogP) is 4.02. The maximum atomic E-state index is 15.0. The van der Waals surface area contributed by atoms with E-state index >= 15 is 4.39 Å². The number of H-pyrrole nitrogens is 1. The van der Waals surface area contributed by atoms with Gasteiger partial charge >= 0.3 is 5.69 Å². The number of nitrogens with zero attached hydrogens (tertiary/aromatic N) is 4. The summed E-state index contributed by atoms with van der Waals surface area (Å²) in [5.41, 5.74) is 24.4. The van der Waals surface area contributed by atoms with Gasteiger partial charge in [0.1, 0.15) is 5.65 Å². The highest BCUT2D eigenvalue weighted by Gasteiger charge is 2.15. The third-order valence-corrected chi connectivity index (χ3v) is 6.84. The summed E-state index contributed by atoms with van der Waals surface area (Å²) in [5, 5.41) is 0.725. The van der Waals surface area contributed by atoms with Gasteiger partial charge in [-0.15, -0.1) is 0 Å². The lowest BCUT2D eigenvalue weighted by atomic mass is 10.0. The Kier molecular flexibility index (Phi) is 12.9. The number of guanidine groups is 1. The average Bonchev–Trinajstić information content (AvgIpc) is 3.39. The summed E-state index contributed by atoms with van der Waals surface area (Å²) in [4.78, 5) is 27.6. The second kappa shape index (κ2) is 16.6. The van der Waals surface area contributed by atoms with E-state index in [1.165, 1.54) is 11.6 Å². The van der Waals surface area contributed by atoms with Crippen LogP contribution in [-0.2, 0) is 17.8 Å². The number of ether oxygens (including phenoxy) is 1. The van der Waals surface area contributed by atoms with Gasteiger partial charge in [0.05, 0.1) is 28.8 Å². The van der Waals surface area contributed by atoms with Crippen LogP contribution in [0.2, 0.25) is 5.02 Å². The topological polar surface area (TPSA) is 189 Å². The fourth-order valence-corrected chi connectivity index (χ4v) is 4.54. The molecule has 4 rings (SSSR count). The van der Waals surface area contributed by atoms with Crippen molar-refractivity contribution in [3.8, 4) is 16.9 Å². The lowest BCUT2D eigenvalue weighted by Crippen LogP contribution is -2.21. The van der Waals surface area contributed by atoms with Crippen molar-refractivity contribution in [1.29, 1.82) is 0 Å². The predicted molar refractivity (Wildman–Crippen MR) is 177 cm³/mol. The highest BCUT2D eigenvalue weighted by molar-refractivity contribution is 6.31. The Hall–Kier alpha value is -4.26. The number of rotatable bonds is 12. The van der Waals surface area contributed by atoms with Gasteiger partial charge in [-0.05, 0) is 81.0 Å². The quantitative estimate of drug-likeness (QED) is 0.0892.